The van der Waals surface area contributed by atoms with Gasteiger partial charge in [-0.25, -0.2) is 4.98 Å². The van der Waals surface area contributed by atoms with Crippen molar-refractivity contribution in [3.63, 3.8) is 0 Å². The fourth-order valence-electron chi connectivity index (χ4n) is 2.27. The van der Waals surface area contributed by atoms with Gasteiger partial charge in [0.25, 0.3) is 0 Å². The number of imidazole rings is 1. The molecule has 2 rings (SSSR count). The van der Waals surface area contributed by atoms with E-state index in [1.807, 2.05) is 6.92 Å². The number of aromatic amines is 1. The van der Waals surface area contributed by atoms with E-state index in [-0.39, 0.29) is 12.4 Å². The smallest absolute Gasteiger partial charge is 0.103 e. The predicted molar refractivity (Wildman–Crippen MR) is 56.5 cm³/mol. The lowest BCUT2D eigenvalue weighted by atomic mass is 9.84. The SMILES string of the molecule is Cc1nc2c([nH]1)CC(C)CC2C.Cl. The van der Waals surface area contributed by atoms with Crippen molar-refractivity contribution in [2.45, 2.75) is 39.5 Å². The molecule has 1 aliphatic carbocycles. The van der Waals surface area contributed by atoms with Crippen LogP contribution in [-0.4, -0.2) is 9.97 Å². The van der Waals surface area contributed by atoms with Crippen LogP contribution >= 0.6 is 12.4 Å². The standard InChI is InChI=1S/C10H16N2.ClH/c1-6-4-7(2)10-9(5-6)11-8(3)12-10;/h6-7H,4-5H2,1-3H3,(H,11,12);1H. The van der Waals surface area contributed by atoms with Crippen LogP contribution in [0.3, 0.4) is 0 Å². The Morgan fingerprint density at radius 2 is 2.08 bits per heavy atom. The molecule has 1 heterocycles. The van der Waals surface area contributed by atoms with E-state index in [1.165, 1.54) is 24.2 Å². The van der Waals surface area contributed by atoms with Crippen molar-refractivity contribution >= 4 is 12.4 Å². The average Bonchev–Trinajstić information content (AvgIpc) is 2.29. The molecule has 0 bridgehead atoms. The summed E-state index contributed by atoms with van der Waals surface area (Å²) in [6.45, 7) is 6.63. The molecule has 1 N–H and O–H groups in total. The molecule has 2 nitrogen and oxygen atoms in total. The Kier molecular flexibility index (Phi) is 3.01. The zero-order chi connectivity index (χ0) is 8.72. The number of aryl methyl sites for hydroxylation is 1. The van der Waals surface area contributed by atoms with Crippen molar-refractivity contribution in [2.75, 3.05) is 0 Å². The minimum absolute atomic E-state index is 0. The van der Waals surface area contributed by atoms with Crippen molar-refractivity contribution < 1.29 is 0 Å². The third-order valence-electron chi connectivity index (χ3n) is 2.70. The summed E-state index contributed by atoms with van der Waals surface area (Å²) in [5.74, 6) is 2.53. The van der Waals surface area contributed by atoms with Crippen LogP contribution in [0.4, 0.5) is 0 Å². The Bertz CT molecular complexity index is 293. The number of H-pyrrole nitrogens is 1. The summed E-state index contributed by atoms with van der Waals surface area (Å²) in [5.41, 5.74) is 2.68. The monoisotopic (exact) mass is 200 g/mol. The largest absolute Gasteiger partial charge is 0.346 e. The molecule has 2 unspecified atom stereocenters. The van der Waals surface area contributed by atoms with Crippen LogP contribution in [0.15, 0.2) is 0 Å². The van der Waals surface area contributed by atoms with E-state index in [2.05, 4.69) is 23.8 Å². The van der Waals surface area contributed by atoms with E-state index in [0.29, 0.717) is 5.92 Å². The summed E-state index contributed by atoms with van der Waals surface area (Å²) >= 11 is 0. The zero-order valence-electron chi connectivity index (χ0n) is 8.42. The van der Waals surface area contributed by atoms with Crippen molar-refractivity contribution in [1.82, 2.24) is 9.97 Å². The Balaban J connectivity index is 0.000000845. The Labute approximate surface area is 85.6 Å². The number of fused-ring (bicyclic) bond motifs is 1. The molecule has 0 aromatic carbocycles. The molecular weight excluding hydrogens is 184 g/mol. The topological polar surface area (TPSA) is 28.7 Å². The molecule has 1 aromatic heterocycles. The number of hydrogen-bond donors (Lipinski definition) is 1. The molecule has 3 heteroatoms. The summed E-state index contributed by atoms with van der Waals surface area (Å²) in [6, 6.07) is 0. The maximum atomic E-state index is 4.51. The summed E-state index contributed by atoms with van der Waals surface area (Å²) < 4.78 is 0. The number of hydrogen-bond acceptors (Lipinski definition) is 1. The number of halogens is 1. The van der Waals surface area contributed by atoms with Gasteiger partial charge in [-0.1, -0.05) is 13.8 Å². The van der Waals surface area contributed by atoms with Gasteiger partial charge in [0.2, 0.25) is 0 Å². The van der Waals surface area contributed by atoms with Crippen molar-refractivity contribution in [3.05, 3.63) is 17.2 Å². The van der Waals surface area contributed by atoms with E-state index >= 15 is 0 Å². The van der Waals surface area contributed by atoms with Gasteiger partial charge in [0.05, 0.1) is 5.69 Å². The zero-order valence-corrected chi connectivity index (χ0v) is 9.24. The van der Waals surface area contributed by atoms with Crippen molar-refractivity contribution in [3.8, 4) is 0 Å². The molecule has 0 amide bonds. The van der Waals surface area contributed by atoms with Gasteiger partial charge < -0.3 is 4.98 Å². The van der Waals surface area contributed by atoms with Gasteiger partial charge >= 0.3 is 0 Å². The second kappa shape index (κ2) is 3.70. The second-order valence-electron chi connectivity index (χ2n) is 4.13. The quantitative estimate of drug-likeness (QED) is 0.686. The molecule has 0 spiro atoms. The van der Waals surface area contributed by atoms with Crippen LogP contribution in [0.2, 0.25) is 0 Å². The molecular formula is C10H17ClN2. The number of nitrogens with one attached hydrogen (secondary N) is 1. The lowest BCUT2D eigenvalue weighted by Crippen LogP contribution is -2.14. The van der Waals surface area contributed by atoms with E-state index in [9.17, 15) is 0 Å². The Morgan fingerprint density at radius 1 is 1.38 bits per heavy atom. The Morgan fingerprint density at radius 3 is 2.77 bits per heavy atom. The Hall–Kier alpha value is -0.500. The van der Waals surface area contributed by atoms with Crippen LogP contribution in [-0.2, 0) is 6.42 Å². The van der Waals surface area contributed by atoms with Gasteiger partial charge in [0.1, 0.15) is 5.82 Å². The lowest BCUT2D eigenvalue weighted by Gasteiger charge is -2.22. The molecule has 0 fully saturated rings. The molecule has 2 atom stereocenters. The normalized spacial score (nSPS) is 26.4. The molecule has 0 saturated carbocycles. The number of nitrogens with zero attached hydrogens (tertiary/aromatic N) is 1. The first kappa shape index (κ1) is 10.6. The molecule has 0 aliphatic heterocycles. The van der Waals surface area contributed by atoms with Crippen molar-refractivity contribution in [2.24, 2.45) is 5.92 Å². The molecule has 0 saturated heterocycles. The van der Waals surface area contributed by atoms with Crippen LogP contribution in [0, 0.1) is 12.8 Å². The molecule has 1 aromatic rings. The van der Waals surface area contributed by atoms with E-state index in [4.69, 9.17) is 0 Å². The number of rotatable bonds is 0. The van der Waals surface area contributed by atoms with Crippen LogP contribution in [0.5, 0.6) is 0 Å². The van der Waals surface area contributed by atoms with Gasteiger partial charge in [0.15, 0.2) is 0 Å². The van der Waals surface area contributed by atoms with Crippen LogP contribution < -0.4 is 0 Å². The fraction of sp³-hybridized carbons (Fsp3) is 0.700. The van der Waals surface area contributed by atoms with Gasteiger partial charge in [-0.15, -0.1) is 12.4 Å². The summed E-state index contributed by atoms with van der Waals surface area (Å²) in [6.07, 6.45) is 2.47. The first-order valence-corrected chi connectivity index (χ1v) is 4.72. The first-order chi connectivity index (χ1) is 5.66. The molecule has 0 radical (unpaired) electrons. The third kappa shape index (κ3) is 1.88. The maximum Gasteiger partial charge on any atom is 0.103 e. The fourth-order valence-corrected chi connectivity index (χ4v) is 2.27. The summed E-state index contributed by atoms with van der Waals surface area (Å²) in [7, 11) is 0. The lowest BCUT2D eigenvalue weighted by molar-refractivity contribution is 0.440. The summed E-state index contributed by atoms with van der Waals surface area (Å²) in [4.78, 5) is 7.86. The number of aromatic nitrogens is 2. The highest BCUT2D eigenvalue weighted by atomic mass is 35.5. The second-order valence-corrected chi connectivity index (χ2v) is 4.13. The van der Waals surface area contributed by atoms with Crippen molar-refractivity contribution in [1.29, 1.82) is 0 Å². The maximum absolute atomic E-state index is 4.51. The van der Waals surface area contributed by atoms with E-state index < -0.39 is 0 Å². The van der Waals surface area contributed by atoms with Crippen LogP contribution in [0.1, 0.15) is 43.4 Å². The summed E-state index contributed by atoms with van der Waals surface area (Å²) in [5, 5.41) is 0. The highest BCUT2D eigenvalue weighted by molar-refractivity contribution is 5.85. The highest BCUT2D eigenvalue weighted by Gasteiger charge is 2.24. The highest BCUT2D eigenvalue weighted by Crippen LogP contribution is 2.32. The molecule has 1 aliphatic rings. The van der Waals surface area contributed by atoms with E-state index in [1.54, 1.807) is 0 Å². The van der Waals surface area contributed by atoms with Gasteiger partial charge in [-0.3, -0.25) is 0 Å². The minimum atomic E-state index is 0. The van der Waals surface area contributed by atoms with Gasteiger partial charge in [-0.05, 0) is 25.7 Å². The first-order valence-electron chi connectivity index (χ1n) is 4.72. The third-order valence-corrected chi connectivity index (χ3v) is 2.70. The minimum Gasteiger partial charge on any atom is -0.346 e. The van der Waals surface area contributed by atoms with E-state index in [0.717, 1.165) is 11.7 Å². The van der Waals surface area contributed by atoms with Crippen LogP contribution in [0.25, 0.3) is 0 Å². The van der Waals surface area contributed by atoms with Gasteiger partial charge in [0, 0.05) is 11.6 Å². The molecule has 74 valence electrons. The molecule has 13 heavy (non-hydrogen) atoms. The average molecular weight is 201 g/mol. The predicted octanol–water partition coefficient (Wildman–Crippen LogP) is 2.83. The van der Waals surface area contributed by atoms with Gasteiger partial charge in [-0.2, -0.15) is 0 Å².